The first-order valence-corrected chi connectivity index (χ1v) is 7.83. The lowest BCUT2D eigenvalue weighted by Crippen LogP contribution is -2.04. The van der Waals surface area contributed by atoms with Crippen molar-refractivity contribution in [1.82, 2.24) is 0 Å². The highest BCUT2D eigenvalue weighted by atomic mass is 35.5. The number of carbonyl (C=O) groups is 1. The van der Waals surface area contributed by atoms with E-state index in [9.17, 15) is 9.18 Å². The molecule has 2 aromatic carbocycles. The number of halogens is 2. The van der Waals surface area contributed by atoms with Gasteiger partial charge < -0.3 is 4.74 Å². The van der Waals surface area contributed by atoms with Gasteiger partial charge in [0.1, 0.15) is 0 Å². The molecule has 0 aliphatic heterocycles. The number of hydrogen-bond donors (Lipinski definition) is 0. The third-order valence-electron chi connectivity index (χ3n) is 2.92. The topological polar surface area (TPSA) is 26.3 Å². The summed E-state index contributed by atoms with van der Waals surface area (Å²) in [4.78, 5) is 12.0. The van der Waals surface area contributed by atoms with E-state index in [1.54, 1.807) is 6.07 Å². The Morgan fingerprint density at radius 1 is 1.29 bits per heavy atom. The van der Waals surface area contributed by atoms with Gasteiger partial charge in [0.2, 0.25) is 0 Å². The molecule has 0 aliphatic carbocycles. The summed E-state index contributed by atoms with van der Waals surface area (Å²) in [5.74, 6) is 0.407. The maximum atomic E-state index is 13.5. The summed E-state index contributed by atoms with van der Waals surface area (Å²) in [6, 6.07) is 11.7. The van der Waals surface area contributed by atoms with Crippen molar-refractivity contribution in [3.05, 3.63) is 64.4 Å². The zero-order chi connectivity index (χ0) is 15.2. The van der Waals surface area contributed by atoms with Crippen molar-refractivity contribution in [3.8, 4) is 5.75 Å². The van der Waals surface area contributed by atoms with Gasteiger partial charge in [-0.2, -0.15) is 0 Å². The van der Waals surface area contributed by atoms with Crippen molar-refractivity contribution < 1.29 is 13.9 Å². The van der Waals surface area contributed by atoms with E-state index in [2.05, 4.69) is 0 Å². The smallest absolute Gasteiger partial charge is 0.172 e. The molecule has 2 nitrogen and oxygen atoms in total. The molecule has 0 atom stereocenters. The molecule has 5 heteroatoms. The van der Waals surface area contributed by atoms with E-state index in [1.165, 1.54) is 31.0 Å². The maximum absolute atomic E-state index is 13.5. The van der Waals surface area contributed by atoms with Crippen LogP contribution < -0.4 is 4.74 Å². The number of Topliss-reactive ketones (excluding diaryl/α,β-unsaturated/α-hetero) is 1. The summed E-state index contributed by atoms with van der Waals surface area (Å²) in [5.41, 5.74) is 1.33. The molecule has 0 aromatic heterocycles. The summed E-state index contributed by atoms with van der Waals surface area (Å²) in [7, 11) is 1.39. The largest absolute Gasteiger partial charge is 0.494 e. The molecule has 2 rings (SSSR count). The molecule has 2 aromatic rings. The molecule has 0 radical (unpaired) electrons. The molecule has 21 heavy (non-hydrogen) atoms. The third-order valence-corrected chi connectivity index (χ3v) is 4.27. The van der Waals surface area contributed by atoms with Crippen molar-refractivity contribution in [1.29, 1.82) is 0 Å². The number of carbonyl (C=O) groups excluding carboxylic acids is 1. The Balaban J connectivity index is 1.93. The van der Waals surface area contributed by atoms with Crippen LogP contribution in [0.2, 0.25) is 5.02 Å². The second-order valence-electron chi connectivity index (χ2n) is 4.36. The predicted octanol–water partition coefficient (Wildman–Crippen LogP) is 4.60. The average Bonchev–Trinajstić information content (AvgIpc) is 2.49. The second-order valence-corrected chi connectivity index (χ2v) is 5.75. The molecule has 0 N–H and O–H groups in total. The number of ether oxygens (including phenoxy) is 1. The minimum absolute atomic E-state index is 0.117. The van der Waals surface area contributed by atoms with Crippen LogP contribution in [0.3, 0.4) is 0 Å². The summed E-state index contributed by atoms with van der Waals surface area (Å²) in [6.07, 6.45) is 0. The van der Waals surface area contributed by atoms with Crippen LogP contribution in [0.25, 0.3) is 0 Å². The monoisotopic (exact) mass is 324 g/mol. The lowest BCUT2D eigenvalue weighted by Gasteiger charge is -2.06. The molecular weight excluding hydrogens is 311 g/mol. The molecule has 0 saturated carbocycles. The first kappa shape index (κ1) is 15.9. The molecule has 0 amide bonds. The fourth-order valence-electron chi connectivity index (χ4n) is 1.79. The Bertz CT molecular complexity index is 646. The van der Waals surface area contributed by atoms with E-state index in [0.29, 0.717) is 16.3 Å². The normalized spacial score (nSPS) is 10.4. The third kappa shape index (κ3) is 4.22. The molecule has 0 saturated heterocycles. The molecule has 110 valence electrons. The molecule has 0 bridgehead atoms. The summed E-state index contributed by atoms with van der Waals surface area (Å²) in [5, 5.41) is 0.688. The van der Waals surface area contributed by atoms with Crippen LogP contribution in [0.5, 0.6) is 5.75 Å². The van der Waals surface area contributed by atoms with E-state index in [1.807, 2.05) is 24.3 Å². The van der Waals surface area contributed by atoms with E-state index in [0.717, 1.165) is 5.56 Å². The zero-order valence-corrected chi connectivity index (χ0v) is 13.0. The van der Waals surface area contributed by atoms with Gasteiger partial charge in [-0.3, -0.25) is 4.79 Å². The van der Waals surface area contributed by atoms with E-state index < -0.39 is 5.82 Å². The first-order valence-electron chi connectivity index (χ1n) is 6.29. The first-order chi connectivity index (χ1) is 10.1. The van der Waals surface area contributed by atoms with Crippen LogP contribution in [0.1, 0.15) is 15.9 Å². The van der Waals surface area contributed by atoms with Gasteiger partial charge in [-0.05, 0) is 29.8 Å². The van der Waals surface area contributed by atoms with Crippen molar-refractivity contribution in [2.45, 2.75) is 5.75 Å². The van der Waals surface area contributed by atoms with Gasteiger partial charge >= 0.3 is 0 Å². The van der Waals surface area contributed by atoms with Gasteiger partial charge in [-0.15, -0.1) is 11.8 Å². The molecule has 0 spiro atoms. The fraction of sp³-hybridized carbons (Fsp3) is 0.188. The van der Waals surface area contributed by atoms with Crippen LogP contribution in [0, 0.1) is 5.82 Å². The average molecular weight is 325 g/mol. The molecular formula is C16H14ClFO2S. The Morgan fingerprint density at radius 2 is 2.05 bits per heavy atom. The maximum Gasteiger partial charge on any atom is 0.172 e. The Kier molecular flexibility index (Phi) is 5.65. The Morgan fingerprint density at radius 3 is 2.71 bits per heavy atom. The van der Waals surface area contributed by atoms with Crippen molar-refractivity contribution in [3.63, 3.8) is 0 Å². The number of rotatable bonds is 6. The lowest BCUT2D eigenvalue weighted by atomic mass is 10.1. The number of methoxy groups -OCH3 is 1. The predicted molar refractivity (Wildman–Crippen MR) is 84.9 cm³/mol. The highest BCUT2D eigenvalue weighted by Gasteiger charge is 2.10. The van der Waals surface area contributed by atoms with E-state index in [4.69, 9.17) is 16.3 Å². The van der Waals surface area contributed by atoms with Gasteiger partial charge in [-0.25, -0.2) is 4.39 Å². The minimum Gasteiger partial charge on any atom is -0.494 e. The Labute approximate surface area is 132 Å². The van der Waals surface area contributed by atoms with Crippen LogP contribution in [0.4, 0.5) is 4.39 Å². The molecule has 0 heterocycles. The van der Waals surface area contributed by atoms with Crippen molar-refractivity contribution >= 4 is 29.1 Å². The van der Waals surface area contributed by atoms with Crippen LogP contribution in [-0.2, 0) is 5.75 Å². The van der Waals surface area contributed by atoms with Crippen LogP contribution in [-0.4, -0.2) is 18.6 Å². The highest BCUT2D eigenvalue weighted by Crippen LogP contribution is 2.22. The van der Waals surface area contributed by atoms with Gasteiger partial charge in [0, 0.05) is 16.3 Å². The van der Waals surface area contributed by atoms with Crippen molar-refractivity contribution in [2.75, 3.05) is 12.9 Å². The van der Waals surface area contributed by atoms with Gasteiger partial charge in [0.25, 0.3) is 0 Å². The Hall–Kier alpha value is -1.52. The summed E-state index contributed by atoms with van der Waals surface area (Å²) < 4.78 is 18.4. The van der Waals surface area contributed by atoms with E-state index >= 15 is 0 Å². The molecule has 0 fully saturated rings. The summed E-state index contributed by atoms with van der Waals surface area (Å²) in [6.45, 7) is 0. The summed E-state index contributed by atoms with van der Waals surface area (Å²) >= 11 is 7.50. The van der Waals surface area contributed by atoms with Gasteiger partial charge in [0.05, 0.1) is 12.9 Å². The van der Waals surface area contributed by atoms with Gasteiger partial charge in [-0.1, -0.05) is 29.8 Å². The number of ketones is 1. The van der Waals surface area contributed by atoms with Crippen LogP contribution in [0.15, 0.2) is 42.5 Å². The second kappa shape index (κ2) is 7.48. The van der Waals surface area contributed by atoms with Gasteiger partial charge in [0.15, 0.2) is 17.3 Å². The van der Waals surface area contributed by atoms with Crippen LogP contribution >= 0.6 is 23.4 Å². The standard InChI is InChI=1S/C16H14ClFO2S/c1-20-16-7-6-11(8-14(16)18)15(19)10-21-9-12-4-2-3-5-13(12)17/h2-8H,9-10H2,1H3. The lowest BCUT2D eigenvalue weighted by molar-refractivity contribution is 0.102. The highest BCUT2D eigenvalue weighted by molar-refractivity contribution is 7.99. The molecule has 0 unspecified atom stereocenters. The minimum atomic E-state index is -0.528. The van der Waals surface area contributed by atoms with Crippen molar-refractivity contribution in [2.24, 2.45) is 0 Å². The number of benzene rings is 2. The SMILES string of the molecule is COc1ccc(C(=O)CSCc2ccccc2Cl)cc1F. The van der Waals surface area contributed by atoms with E-state index in [-0.39, 0.29) is 17.3 Å². The number of thioether (sulfide) groups is 1. The number of hydrogen-bond acceptors (Lipinski definition) is 3. The molecule has 0 aliphatic rings. The zero-order valence-electron chi connectivity index (χ0n) is 11.4. The quantitative estimate of drug-likeness (QED) is 0.726. The fourth-order valence-corrected chi connectivity index (χ4v) is 3.00.